The molecule has 9 nitrogen and oxygen atoms in total. The first-order valence-corrected chi connectivity index (χ1v) is 14.9. The molecule has 4 rings (SSSR count). The molecule has 206 valence electrons. The maximum Gasteiger partial charge on any atom is 0.244 e. The van der Waals surface area contributed by atoms with Crippen molar-refractivity contribution in [1.82, 2.24) is 10.2 Å². The smallest absolute Gasteiger partial charge is 0.244 e. The fraction of sp³-hybridized carbons (Fsp3) is 0.462. The SMILES string of the molecule is CCS(=O)(=O)N(CC(=O)N(Cc1ccc(Cl)c(Cl)c1)C(C)C(=O)NC1CCCC1)c1ccc2c(c1)OCO2. The summed E-state index contributed by atoms with van der Waals surface area (Å²) in [7, 11) is -3.86. The van der Waals surface area contributed by atoms with Gasteiger partial charge in [-0.2, -0.15) is 0 Å². The standard InChI is InChI=1S/C26H31Cl2N3O6S/c1-3-38(34,35)31(20-9-11-23-24(13-20)37-16-36-23)15-25(32)30(14-18-8-10-21(27)22(28)12-18)17(2)26(33)29-19-6-4-5-7-19/h8-13,17,19H,3-7,14-16H2,1-2H3,(H,29,33). The van der Waals surface area contributed by atoms with Gasteiger partial charge in [0.2, 0.25) is 28.6 Å². The lowest BCUT2D eigenvalue weighted by Crippen LogP contribution is -2.52. The minimum absolute atomic E-state index is 0.0310. The first-order chi connectivity index (χ1) is 18.1. The summed E-state index contributed by atoms with van der Waals surface area (Å²) in [6.07, 6.45) is 3.88. The van der Waals surface area contributed by atoms with E-state index in [-0.39, 0.29) is 36.7 Å². The van der Waals surface area contributed by atoms with Crippen LogP contribution in [0.5, 0.6) is 11.5 Å². The number of benzene rings is 2. The number of carbonyl (C=O) groups is 2. The highest BCUT2D eigenvalue weighted by atomic mass is 35.5. The molecular weight excluding hydrogens is 553 g/mol. The highest BCUT2D eigenvalue weighted by molar-refractivity contribution is 7.92. The number of anilines is 1. The Morgan fingerprint density at radius 2 is 1.76 bits per heavy atom. The van der Waals surface area contributed by atoms with E-state index in [1.807, 2.05) is 0 Å². The lowest BCUT2D eigenvalue weighted by Gasteiger charge is -2.32. The summed E-state index contributed by atoms with van der Waals surface area (Å²) in [5.41, 5.74) is 0.920. The van der Waals surface area contributed by atoms with E-state index in [1.165, 1.54) is 17.9 Å². The molecule has 2 amide bonds. The predicted octanol–water partition coefficient (Wildman–Crippen LogP) is 4.35. The third kappa shape index (κ3) is 6.47. The highest BCUT2D eigenvalue weighted by Crippen LogP contribution is 2.36. The number of fused-ring (bicyclic) bond motifs is 1. The van der Waals surface area contributed by atoms with Crippen molar-refractivity contribution in [2.45, 2.75) is 58.2 Å². The van der Waals surface area contributed by atoms with Gasteiger partial charge in [0.25, 0.3) is 0 Å². The molecule has 1 atom stereocenters. The topological polar surface area (TPSA) is 105 Å². The Bertz CT molecular complexity index is 1300. The summed E-state index contributed by atoms with van der Waals surface area (Å²) < 4.78 is 38.0. The second-order valence-corrected chi connectivity index (χ2v) is 12.4. The zero-order chi connectivity index (χ0) is 27.4. The molecule has 2 aliphatic rings. The van der Waals surface area contributed by atoms with E-state index in [4.69, 9.17) is 32.7 Å². The number of halogens is 2. The van der Waals surface area contributed by atoms with Crippen molar-refractivity contribution in [1.29, 1.82) is 0 Å². The first-order valence-electron chi connectivity index (χ1n) is 12.5. The van der Waals surface area contributed by atoms with E-state index in [1.54, 1.807) is 37.3 Å². The van der Waals surface area contributed by atoms with E-state index in [9.17, 15) is 18.0 Å². The van der Waals surface area contributed by atoms with Gasteiger partial charge in [0.15, 0.2) is 11.5 Å². The summed E-state index contributed by atoms with van der Waals surface area (Å²) >= 11 is 12.3. The highest BCUT2D eigenvalue weighted by Gasteiger charge is 2.32. The van der Waals surface area contributed by atoms with Gasteiger partial charge in [-0.05, 0) is 56.5 Å². The summed E-state index contributed by atoms with van der Waals surface area (Å²) in [6, 6.07) is 8.86. The van der Waals surface area contributed by atoms with Crippen LogP contribution in [0.3, 0.4) is 0 Å². The van der Waals surface area contributed by atoms with E-state index >= 15 is 0 Å². The van der Waals surface area contributed by atoms with E-state index in [0.29, 0.717) is 27.1 Å². The van der Waals surface area contributed by atoms with E-state index in [0.717, 1.165) is 30.0 Å². The van der Waals surface area contributed by atoms with Crippen molar-refractivity contribution in [3.8, 4) is 11.5 Å². The number of sulfonamides is 1. The van der Waals surface area contributed by atoms with Crippen LogP contribution in [0.4, 0.5) is 5.69 Å². The zero-order valence-corrected chi connectivity index (χ0v) is 23.6. The molecule has 12 heteroatoms. The van der Waals surface area contributed by atoms with Crippen molar-refractivity contribution in [3.05, 3.63) is 52.0 Å². The number of nitrogens with one attached hydrogen (secondary N) is 1. The van der Waals surface area contributed by atoms with Gasteiger partial charge in [0, 0.05) is 18.7 Å². The molecule has 0 bridgehead atoms. The molecule has 0 aromatic heterocycles. The van der Waals surface area contributed by atoms with Crippen LogP contribution >= 0.6 is 23.2 Å². The largest absolute Gasteiger partial charge is 0.454 e. The van der Waals surface area contributed by atoms with E-state index in [2.05, 4.69) is 5.32 Å². The number of carbonyl (C=O) groups excluding carboxylic acids is 2. The molecule has 1 fully saturated rings. The van der Waals surface area contributed by atoms with E-state index < -0.39 is 28.5 Å². The van der Waals surface area contributed by atoms with Gasteiger partial charge in [-0.3, -0.25) is 13.9 Å². The quantitative estimate of drug-likeness (QED) is 0.445. The minimum atomic E-state index is -3.86. The fourth-order valence-corrected chi connectivity index (χ4v) is 5.94. The second-order valence-electron chi connectivity index (χ2n) is 9.38. The van der Waals surface area contributed by atoms with Crippen LogP contribution in [-0.2, 0) is 26.2 Å². The maximum atomic E-state index is 13.8. The Labute approximate surface area is 233 Å². The Hall–Kier alpha value is -2.69. The number of hydrogen-bond donors (Lipinski definition) is 1. The Balaban J connectivity index is 1.63. The monoisotopic (exact) mass is 583 g/mol. The van der Waals surface area contributed by atoms with Crippen molar-refractivity contribution < 1.29 is 27.5 Å². The molecule has 0 saturated heterocycles. The minimum Gasteiger partial charge on any atom is -0.454 e. The molecule has 2 aromatic carbocycles. The van der Waals surface area contributed by atoms with Crippen LogP contribution in [0.25, 0.3) is 0 Å². The van der Waals surface area contributed by atoms with Crippen molar-refractivity contribution in [2.24, 2.45) is 0 Å². The average Bonchev–Trinajstić information content (AvgIpc) is 3.58. The van der Waals surface area contributed by atoms with Gasteiger partial charge in [-0.1, -0.05) is 42.1 Å². The predicted molar refractivity (Wildman–Crippen MR) is 146 cm³/mol. The number of hydrogen-bond acceptors (Lipinski definition) is 6. The van der Waals surface area contributed by atoms with Crippen molar-refractivity contribution in [2.75, 3.05) is 23.4 Å². The number of rotatable bonds is 10. The molecule has 1 aliphatic carbocycles. The molecule has 38 heavy (non-hydrogen) atoms. The zero-order valence-electron chi connectivity index (χ0n) is 21.3. The Morgan fingerprint density at radius 1 is 1.05 bits per heavy atom. The molecule has 2 aromatic rings. The summed E-state index contributed by atoms with van der Waals surface area (Å²) in [5, 5.41) is 3.71. The summed E-state index contributed by atoms with van der Waals surface area (Å²) in [4.78, 5) is 28.3. The van der Waals surface area contributed by atoms with Crippen LogP contribution in [-0.4, -0.2) is 56.3 Å². The summed E-state index contributed by atoms with van der Waals surface area (Å²) in [5.74, 6) is -0.173. The lowest BCUT2D eigenvalue weighted by atomic mass is 10.1. The first kappa shape index (κ1) is 28.3. The molecule has 1 N–H and O–H groups in total. The van der Waals surface area contributed by atoms with Crippen LogP contribution in [0.2, 0.25) is 10.0 Å². The molecule has 1 aliphatic heterocycles. The molecule has 1 unspecified atom stereocenters. The third-order valence-corrected chi connectivity index (χ3v) is 9.31. The molecule has 0 radical (unpaired) electrons. The fourth-order valence-electron chi connectivity index (χ4n) is 4.57. The van der Waals surface area contributed by atoms with Gasteiger partial charge in [-0.15, -0.1) is 0 Å². The van der Waals surface area contributed by atoms with Crippen LogP contribution in [0.15, 0.2) is 36.4 Å². The van der Waals surface area contributed by atoms with Gasteiger partial charge in [0.05, 0.1) is 21.5 Å². The average molecular weight is 585 g/mol. The third-order valence-electron chi connectivity index (χ3n) is 6.83. The number of amides is 2. The normalized spacial score (nSPS) is 15.8. The van der Waals surface area contributed by atoms with Gasteiger partial charge < -0.3 is 19.7 Å². The Morgan fingerprint density at radius 3 is 2.45 bits per heavy atom. The number of ether oxygens (including phenoxy) is 2. The molecule has 0 spiro atoms. The number of nitrogens with zero attached hydrogens (tertiary/aromatic N) is 2. The summed E-state index contributed by atoms with van der Waals surface area (Å²) in [6.45, 7) is 2.71. The molecule has 1 saturated carbocycles. The second kappa shape index (κ2) is 12.0. The van der Waals surface area contributed by atoms with Gasteiger partial charge >= 0.3 is 0 Å². The molecule has 1 heterocycles. The van der Waals surface area contributed by atoms with Crippen LogP contribution in [0.1, 0.15) is 45.1 Å². The maximum absolute atomic E-state index is 13.8. The van der Waals surface area contributed by atoms with Crippen molar-refractivity contribution in [3.63, 3.8) is 0 Å². The van der Waals surface area contributed by atoms with Crippen LogP contribution < -0.4 is 19.1 Å². The van der Waals surface area contributed by atoms with Crippen LogP contribution in [0, 0.1) is 0 Å². The lowest BCUT2D eigenvalue weighted by molar-refractivity contribution is -0.139. The van der Waals surface area contributed by atoms with Crippen molar-refractivity contribution >= 4 is 50.7 Å². The molecular formula is C26H31Cl2N3O6S. The Kier molecular flexibility index (Phi) is 8.95. The van der Waals surface area contributed by atoms with Gasteiger partial charge in [0.1, 0.15) is 12.6 Å². The van der Waals surface area contributed by atoms with Gasteiger partial charge in [-0.25, -0.2) is 8.42 Å².